The third kappa shape index (κ3) is 5.59. The molecule has 1 aliphatic rings. The Kier molecular flexibility index (Phi) is 5.64. The Morgan fingerprint density at radius 1 is 1.35 bits per heavy atom. The summed E-state index contributed by atoms with van der Waals surface area (Å²) in [6.45, 7) is -0.672. The Bertz CT molecular complexity index is 531. The SMILES string of the molecule is O=C(CN1CCC[C@H]1C(=O)NCC(F)(F)F)NCc1ccco1. The van der Waals surface area contributed by atoms with Gasteiger partial charge in [-0.05, 0) is 31.5 Å². The van der Waals surface area contributed by atoms with Crippen LogP contribution in [0, 0.1) is 0 Å². The second-order valence-electron chi connectivity index (χ2n) is 5.32. The fraction of sp³-hybridized carbons (Fsp3) is 0.571. The third-order valence-corrected chi connectivity index (χ3v) is 3.52. The zero-order valence-electron chi connectivity index (χ0n) is 12.4. The van der Waals surface area contributed by atoms with Gasteiger partial charge in [0.15, 0.2) is 0 Å². The number of likely N-dealkylation sites (tertiary alicyclic amines) is 1. The van der Waals surface area contributed by atoms with E-state index in [0.717, 1.165) is 0 Å². The summed E-state index contributed by atoms with van der Waals surface area (Å²) in [7, 11) is 0. The predicted molar refractivity (Wildman–Crippen MR) is 74.2 cm³/mol. The van der Waals surface area contributed by atoms with E-state index >= 15 is 0 Å². The Labute approximate surface area is 131 Å². The maximum absolute atomic E-state index is 12.1. The zero-order chi connectivity index (χ0) is 16.9. The average Bonchev–Trinajstić information content (AvgIpc) is 3.13. The van der Waals surface area contributed by atoms with Gasteiger partial charge in [-0.15, -0.1) is 0 Å². The molecule has 1 aromatic rings. The number of amides is 2. The lowest BCUT2D eigenvalue weighted by molar-refractivity contribution is -0.141. The Morgan fingerprint density at radius 2 is 2.13 bits per heavy atom. The minimum absolute atomic E-state index is 0.0369. The van der Waals surface area contributed by atoms with Crippen LogP contribution in [-0.2, 0) is 16.1 Å². The topological polar surface area (TPSA) is 74.6 Å². The molecule has 0 aliphatic carbocycles. The molecule has 2 amide bonds. The number of rotatable bonds is 6. The molecule has 1 aliphatic heterocycles. The molecule has 1 saturated heterocycles. The first kappa shape index (κ1) is 17.3. The highest BCUT2D eigenvalue weighted by Crippen LogP contribution is 2.18. The third-order valence-electron chi connectivity index (χ3n) is 3.52. The van der Waals surface area contributed by atoms with Crippen molar-refractivity contribution in [2.45, 2.75) is 31.6 Å². The van der Waals surface area contributed by atoms with Crippen molar-refractivity contribution in [1.82, 2.24) is 15.5 Å². The zero-order valence-corrected chi connectivity index (χ0v) is 12.4. The lowest BCUT2D eigenvalue weighted by atomic mass is 10.2. The molecule has 1 fully saturated rings. The van der Waals surface area contributed by atoms with E-state index in [1.54, 1.807) is 17.0 Å². The molecule has 2 N–H and O–H groups in total. The molecule has 2 rings (SSSR count). The van der Waals surface area contributed by atoms with E-state index in [4.69, 9.17) is 4.42 Å². The summed E-state index contributed by atoms with van der Waals surface area (Å²) < 4.78 is 41.5. The van der Waals surface area contributed by atoms with Crippen LogP contribution in [0.5, 0.6) is 0 Å². The molecule has 0 unspecified atom stereocenters. The number of furan rings is 1. The summed E-state index contributed by atoms with van der Waals surface area (Å²) in [5.41, 5.74) is 0. The van der Waals surface area contributed by atoms with Crippen molar-refractivity contribution in [2.75, 3.05) is 19.6 Å². The molecule has 6 nitrogen and oxygen atoms in total. The largest absolute Gasteiger partial charge is 0.467 e. The maximum Gasteiger partial charge on any atom is 0.405 e. The van der Waals surface area contributed by atoms with Gasteiger partial charge >= 0.3 is 6.18 Å². The van der Waals surface area contributed by atoms with E-state index < -0.39 is 24.7 Å². The van der Waals surface area contributed by atoms with Gasteiger partial charge in [-0.3, -0.25) is 14.5 Å². The van der Waals surface area contributed by atoms with Crippen LogP contribution < -0.4 is 10.6 Å². The van der Waals surface area contributed by atoms with Crippen LogP contribution in [0.4, 0.5) is 13.2 Å². The second-order valence-corrected chi connectivity index (χ2v) is 5.32. The number of carbonyl (C=O) groups excluding carboxylic acids is 2. The van der Waals surface area contributed by atoms with E-state index in [9.17, 15) is 22.8 Å². The van der Waals surface area contributed by atoms with E-state index in [2.05, 4.69) is 5.32 Å². The van der Waals surface area contributed by atoms with Gasteiger partial charge < -0.3 is 15.1 Å². The van der Waals surface area contributed by atoms with Crippen LogP contribution in [0.2, 0.25) is 0 Å². The minimum Gasteiger partial charge on any atom is -0.467 e. The Hall–Kier alpha value is -2.03. The Balaban J connectivity index is 1.79. The highest BCUT2D eigenvalue weighted by Gasteiger charge is 2.34. The maximum atomic E-state index is 12.1. The van der Waals surface area contributed by atoms with Gasteiger partial charge in [0.2, 0.25) is 11.8 Å². The van der Waals surface area contributed by atoms with Gasteiger partial charge in [-0.1, -0.05) is 0 Å². The normalized spacial score (nSPS) is 18.8. The lowest BCUT2D eigenvalue weighted by Gasteiger charge is -2.23. The molecular formula is C14H18F3N3O3. The van der Waals surface area contributed by atoms with Crippen molar-refractivity contribution in [2.24, 2.45) is 0 Å². The smallest absolute Gasteiger partial charge is 0.405 e. The summed E-state index contributed by atoms with van der Waals surface area (Å²) in [6, 6.07) is 2.71. The Morgan fingerprint density at radius 3 is 2.78 bits per heavy atom. The average molecular weight is 333 g/mol. The summed E-state index contributed by atoms with van der Waals surface area (Å²) in [5.74, 6) is -0.408. The van der Waals surface area contributed by atoms with Gasteiger partial charge in [-0.25, -0.2) is 0 Å². The standard InChI is InChI=1S/C14H18F3N3O3/c15-14(16,17)9-19-13(22)11-4-1-5-20(11)8-12(21)18-7-10-3-2-6-23-10/h2-3,6,11H,1,4-5,7-9H2,(H,18,21)(H,19,22)/t11-/m0/s1. The quantitative estimate of drug-likeness (QED) is 0.816. The molecule has 23 heavy (non-hydrogen) atoms. The summed E-state index contributed by atoms with van der Waals surface area (Å²) in [6.07, 6.45) is -1.85. The van der Waals surface area contributed by atoms with Crippen LogP contribution in [0.25, 0.3) is 0 Å². The summed E-state index contributed by atoms with van der Waals surface area (Å²) in [4.78, 5) is 25.3. The second kappa shape index (κ2) is 7.49. The number of nitrogens with zero attached hydrogens (tertiary/aromatic N) is 1. The number of hydrogen-bond acceptors (Lipinski definition) is 4. The van der Waals surface area contributed by atoms with Crippen LogP contribution in [0.15, 0.2) is 22.8 Å². The molecule has 9 heteroatoms. The molecule has 0 saturated carbocycles. The lowest BCUT2D eigenvalue weighted by Crippen LogP contribution is -2.48. The molecule has 0 bridgehead atoms. The number of nitrogens with one attached hydrogen (secondary N) is 2. The summed E-state index contributed by atoms with van der Waals surface area (Å²) in [5, 5.41) is 4.51. The fourth-order valence-corrected chi connectivity index (χ4v) is 2.46. The van der Waals surface area contributed by atoms with Crippen LogP contribution >= 0.6 is 0 Å². The number of carbonyl (C=O) groups is 2. The van der Waals surface area contributed by atoms with E-state index in [1.807, 2.05) is 5.32 Å². The van der Waals surface area contributed by atoms with E-state index in [0.29, 0.717) is 25.1 Å². The molecule has 0 spiro atoms. The van der Waals surface area contributed by atoms with Crippen LogP contribution in [0.3, 0.4) is 0 Å². The predicted octanol–water partition coefficient (Wildman–Crippen LogP) is 1.04. The molecule has 0 radical (unpaired) electrons. The van der Waals surface area contributed by atoms with Gasteiger partial charge in [0.05, 0.1) is 25.4 Å². The molecule has 2 heterocycles. The first-order valence-electron chi connectivity index (χ1n) is 7.23. The summed E-state index contributed by atoms with van der Waals surface area (Å²) >= 11 is 0. The molecule has 128 valence electrons. The molecule has 1 atom stereocenters. The van der Waals surface area contributed by atoms with E-state index in [-0.39, 0.29) is 19.0 Å². The monoisotopic (exact) mass is 333 g/mol. The van der Waals surface area contributed by atoms with Gasteiger partial charge in [0.25, 0.3) is 0 Å². The number of hydrogen-bond donors (Lipinski definition) is 2. The van der Waals surface area contributed by atoms with Crippen molar-refractivity contribution in [3.05, 3.63) is 24.2 Å². The van der Waals surface area contributed by atoms with Crippen molar-refractivity contribution < 1.29 is 27.2 Å². The highest BCUT2D eigenvalue weighted by atomic mass is 19.4. The van der Waals surface area contributed by atoms with Crippen LogP contribution in [-0.4, -0.2) is 48.6 Å². The van der Waals surface area contributed by atoms with Crippen molar-refractivity contribution in [1.29, 1.82) is 0 Å². The number of alkyl halides is 3. The van der Waals surface area contributed by atoms with Gasteiger partial charge in [-0.2, -0.15) is 13.2 Å². The minimum atomic E-state index is -4.44. The first-order valence-corrected chi connectivity index (χ1v) is 7.23. The first-order chi connectivity index (χ1) is 10.8. The van der Waals surface area contributed by atoms with Crippen molar-refractivity contribution in [3.63, 3.8) is 0 Å². The fourth-order valence-electron chi connectivity index (χ4n) is 2.46. The molecular weight excluding hydrogens is 315 g/mol. The van der Waals surface area contributed by atoms with Crippen LogP contribution in [0.1, 0.15) is 18.6 Å². The van der Waals surface area contributed by atoms with E-state index in [1.165, 1.54) is 6.26 Å². The molecule has 1 aromatic heterocycles. The van der Waals surface area contributed by atoms with Crippen molar-refractivity contribution >= 4 is 11.8 Å². The van der Waals surface area contributed by atoms with Crippen molar-refractivity contribution in [3.8, 4) is 0 Å². The highest BCUT2D eigenvalue weighted by molar-refractivity contribution is 5.84. The van der Waals surface area contributed by atoms with Gasteiger partial charge in [0, 0.05) is 0 Å². The van der Waals surface area contributed by atoms with Gasteiger partial charge in [0.1, 0.15) is 12.3 Å². The number of halogens is 3. The molecule has 0 aromatic carbocycles.